The highest BCUT2D eigenvalue weighted by molar-refractivity contribution is 5.91. The van der Waals surface area contributed by atoms with Crippen LogP contribution in [0.2, 0.25) is 0 Å². The van der Waals surface area contributed by atoms with Crippen molar-refractivity contribution >= 4 is 23.5 Å². The smallest absolute Gasteiger partial charge is 0.414 e. The highest BCUT2D eigenvalue weighted by Crippen LogP contribution is 2.38. The van der Waals surface area contributed by atoms with Crippen molar-refractivity contribution in [2.75, 3.05) is 31.1 Å². The molecular weight excluding hydrogens is 473 g/mol. The maximum Gasteiger partial charge on any atom is 0.414 e. The number of hydrogen-bond acceptors (Lipinski definition) is 5. The quantitative estimate of drug-likeness (QED) is 0.505. The average molecular weight is 512 g/mol. The van der Waals surface area contributed by atoms with Crippen molar-refractivity contribution in [3.8, 4) is 0 Å². The van der Waals surface area contributed by atoms with Crippen LogP contribution in [-0.4, -0.2) is 50.1 Å². The van der Waals surface area contributed by atoms with E-state index in [4.69, 9.17) is 4.74 Å². The summed E-state index contributed by atoms with van der Waals surface area (Å²) in [6.45, 7) is 8.17. The van der Waals surface area contributed by atoms with Gasteiger partial charge in [0.15, 0.2) is 0 Å². The minimum atomic E-state index is -0.547. The predicted molar refractivity (Wildman–Crippen MR) is 141 cm³/mol. The molecule has 0 saturated carbocycles. The van der Waals surface area contributed by atoms with Gasteiger partial charge in [-0.1, -0.05) is 50.6 Å². The monoisotopic (exact) mass is 511 g/mol. The Balaban J connectivity index is 1.29. The molecule has 0 aromatic heterocycles. The number of Topliss-reactive ketones (excluding diaryl/α,β-unsaturated/α-hetero) is 1. The molecule has 2 N–H and O–H groups in total. The Morgan fingerprint density at radius 3 is 2.68 bits per heavy atom. The fourth-order valence-electron chi connectivity index (χ4n) is 5.63. The van der Waals surface area contributed by atoms with E-state index >= 15 is 0 Å². The van der Waals surface area contributed by atoms with Crippen LogP contribution in [0.25, 0.3) is 0 Å². The molecule has 1 aromatic rings. The van der Waals surface area contributed by atoms with E-state index in [2.05, 4.69) is 23.6 Å². The van der Waals surface area contributed by atoms with E-state index < -0.39 is 12.2 Å². The Morgan fingerprint density at radius 2 is 1.97 bits per heavy atom. The number of nitrogens with one attached hydrogen (secondary N) is 2. The maximum atomic E-state index is 14.8. The van der Waals surface area contributed by atoms with Gasteiger partial charge in [-0.3, -0.25) is 14.5 Å². The molecule has 0 radical (unpaired) electrons. The third kappa shape index (κ3) is 6.29. The molecule has 200 valence electrons. The number of benzene rings is 1. The molecule has 2 fully saturated rings. The van der Waals surface area contributed by atoms with E-state index in [0.29, 0.717) is 11.3 Å². The van der Waals surface area contributed by atoms with E-state index in [-0.39, 0.29) is 60.7 Å². The first-order valence-corrected chi connectivity index (χ1v) is 13.4. The largest absolute Gasteiger partial charge is 0.442 e. The summed E-state index contributed by atoms with van der Waals surface area (Å²) in [7, 11) is 0. The minimum absolute atomic E-state index is 0.0366. The van der Waals surface area contributed by atoms with Gasteiger partial charge >= 0.3 is 6.09 Å². The molecule has 1 aromatic carbocycles. The van der Waals surface area contributed by atoms with Crippen LogP contribution >= 0.6 is 0 Å². The first-order chi connectivity index (χ1) is 17.7. The summed E-state index contributed by atoms with van der Waals surface area (Å²) in [5.74, 6) is -0.741. The lowest BCUT2D eigenvalue weighted by atomic mass is 9.71. The molecule has 1 aliphatic carbocycles. The molecule has 4 rings (SSSR count). The zero-order valence-corrected chi connectivity index (χ0v) is 22.0. The van der Waals surface area contributed by atoms with Crippen LogP contribution in [0.3, 0.4) is 0 Å². The highest BCUT2D eigenvalue weighted by Gasteiger charge is 2.36. The van der Waals surface area contributed by atoms with Crippen molar-refractivity contribution in [3.63, 3.8) is 0 Å². The van der Waals surface area contributed by atoms with Crippen molar-refractivity contribution in [1.29, 1.82) is 0 Å². The lowest BCUT2D eigenvalue weighted by molar-refractivity contribution is -0.128. The third-order valence-electron chi connectivity index (χ3n) is 7.68. The second kappa shape index (κ2) is 11.6. The Morgan fingerprint density at radius 1 is 1.22 bits per heavy atom. The van der Waals surface area contributed by atoms with E-state index in [1.165, 1.54) is 16.5 Å². The summed E-state index contributed by atoms with van der Waals surface area (Å²) in [5.41, 5.74) is 2.04. The number of hydrogen-bond donors (Lipinski definition) is 2. The molecule has 2 heterocycles. The van der Waals surface area contributed by atoms with Crippen LogP contribution in [0.1, 0.15) is 64.4 Å². The molecule has 2 amide bonds. The average Bonchev–Trinajstić information content (AvgIpc) is 3.25. The van der Waals surface area contributed by atoms with Gasteiger partial charge in [0.2, 0.25) is 5.91 Å². The molecule has 0 bridgehead atoms. The van der Waals surface area contributed by atoms with Crippen molar-refractivity contribution in [2.24, 2.45) is 11.3 Å². The number of carbonyl (C=O) groups excluding carboxylic acids is 3. The first-order valence-electron chi connectivity index (χ1n) is 13.4. The molecule has 7 nitrogen and oxygen atoms in total. The predicted octanol–water partition coefficient (Wildman–Crippen LogP) is 4.63. The van der Waals surface area contributed by atoms with Gasteiger partial charge in [-0.25, -0.2) is 9.18 Å². The Kier molecular flexibility index (Phi) is 8.47. The van der Waals surface area contributed by atoms with Crippen molar-refractivity contribution in [2.45, 2.75) is 64.9 Å². The molecule has 37 heavy (non-hydrogen) atoms. The van der Waals surface area contributed by atoms with Crippen LogP contribution in [0, 0.1) is 17.2 Å². The standard InChI is InChI=1S/C29H38FN3O4/c1-4-19-8-9-22(29(2,3)16-19)25(34)10-11-26(35)32-17-21-18-33(28(36)37-21)24-7-5-6-23(30)27(24)20-12-14-31-15-13-20/h5-9,16,20-22,31H,4,10-15,17-18H2,1-3H3,(H,32,35)/t21?,22-/m1/s1. The number of carbonyl (C=O) groups is 3. The summed E-state index contributed by atoms with van der Waals surface area (Å²) < 4.78 is 20.3. The van der Waals surface area contributed by atoms with Crippen LogP contribution in [0.15, 0.2) is 42.0 Å². The lowest BCUT2D eigenvalue weighted by Crippen LogP contribution is -2.36. The van der Waals surface area contributed by atoms with E-state index in [9.17, 15) is 18.8 Å². The first kappa shape index (κ1) is 27.0. The zero-order valence-electron chi connectivity index (χ0n) is 22.0. The van der Waals surface area contributed by atoms with Gasteiger partial charge < -0.3 is 15.4 Å². The summed E-state index contributed by atoms with van der Waals surface area (Å²) in [6, 6.07) is 4.80. The van der Waals surface area contributed by atoms with Gasteiger partial charge in [0.1, 0.15) is 17.7 Å². The van der Waals surface area contributed by atoms with Gasteiger partial charge in [-0.2, -0.15) is 0 Å². The van der Waals surface area contributed by atoms with Crippen LogP contribution < -0.4 is 15.5 Å². The number of ether oxygens (including phenoxy) is 1. The molecule has 8 heteroatoms. The Hall–Kier alpha value is -3.00. The van der Waals surface area contributed by atoms with E-state index in [1.807, 2.05) is 26.0 Å². The highest BCUT2D eigenvalue weighted by atomic mass is 19.1. The fourth-order valence-corrected chi connectivity index (χ4v) is 5.63. The van der Waals surface area contributed by atoms with Gasteiger partial charge in [-0.05, 0) is 55.8 Å². The van der Waals surface area contributed by atoms with Crippen LogP contribution in [-0.2, 0) is 14.3 Å². The lowest BCUT2D eigenvalue weighted by Gasteiger charge is -2.32. The topological polar surface area (TPSA) is 87.7 Å². The number of piperidine rings is 1. The minimum Gasteiger partial charge on any atom is -0.442 e. The molecule has 2 saturated heterocycles. The van der Waals surface area contributed by atoms with E-state index in [0.717, 1.165) is 32.4 Å². The third-order valence-corrected chi connectivity index (χ3v) is 7.68. The number of halogens is 1. The molecule has 2 atom stereocenters. The molecular formula is C29H38FN3O4. The number of allylic oxidation sites excluding steroid dienone is 4. The second-order valence-electron chi connectivity index (χ2n) is 10.8. The summed E-state index contributed by atoms with van der Waals surface area (Å²) in [5, 5.41) is 6.08. The summed E-state index contributed by atoms with van der Waals surface area (Å²) >= 11 is 0. The molecule has 3 aliphatic rings. The summed E-state index contributed by atoms with van der Waals surface area (Å²) in [4.78, 5) is 39.5. The fraction of sp³-hybridized carbons (Fsp3) is 0.552. The number of amides is 2. The maximum absolute atomic E-state index is 14.8. The summed E-state index contributed by atoms with van der Waals surface area (Å²) in [6.07, 6.45) is 7.78. The zero-order chi connectivity index (χ0) is 26.6. The molecule has 1 unspecified atom stereocenters. The molecule has 2 aliphatic heterocycles. The Labute approximate surface area is 218 Å². The van der Waals surface area contributed by atoms with E-state index in [1.54, 1.807) is 12.1 Å². The number of nitrogens with zero attached hydrogens (tertiary/aromatic N) is 1. The van der Waals surface area contributed by atoms with Crippen LogP contribution in [0.5, 0.6) is 0 Å². The number of ketones is 1. The van der Waals surface area contributed by atoms with Gasteiger partial charge in [0, 0.05) is 24.3 Å². The SMILES string of the molecule is CCC1=CC(C)(C)[C@@H](C(=O)CCC(=O)NCC2CN(c3cccc(F)c3C3CCNCC3)C(=O)O2)C=C1. The van der Waals surface area contributed by atoms with Gasteiger partial charge in [-0.15, -0.1) is 0 Å². The number of anilines is 1. The van der Waals surface area contributed by atoms with Gasteiger partial charge in [0.05, 0.1) is 18.8 Å². The molecule has 0 spiro atoms. The number of rotatable bonds is 9. The number of cyclic esters (lactones) is 1. The van der Waals surface area contributed by atoms with Crippen molar-refractivity contribution < 1.29 is 23.5 Å². The van der Waals surface area contributed by atoms with Gasteiger partial charge in [0.25, 0.3) is 0 Å². The van der Waals surface area contributed by atoms with Crippen molar-refractivity contribution in [1.82, 2.24) is 10.6 Å². The normalized spacial score (nSPS) is 23.5. The van der Waals surface area contributed by atoms with Crippen LogP contribution in [0.4, 0.5) is 14.9 Å². The second-order valence-corrected chi connectivity index (χ2v) is 10.8. The Bertz CT molecular complexity index is 1090. The van der Waals surface area contributed by atoms with Crippen molar-refractivity contribution in [3.05, 3.63) is 53.4 Å².